The molecule has 2 fully saturated rings. The highest BCUT2D eigenvalue weighted by Crippen LogP contribution is 2.36. The molecule has 3 atom stereocenters. The number of nitrogens with one attached hydrogen (secondary N) is 1. The van der Waals surface area contributed by atoms with Gasteiger partial charge < -0.3 is 20.2 Å². The number of hydrogen-bond acceptors (Lipinski definition) is 8. The lowest BCUT2D eigenvalue weighted by Gasteiger charge is -2.55. The molecule has 2 aliphatic heterocycles. The van der Waals surface area contributed by atoms with E-state index in [4.69, 9.17) is 0 Å². The van der Waals surface area contributed by atoms with Crippen molar-refractivity contribution in [3.8, 4) is 5.75 Å². The van der Waals surface area contributed by atoms with Crippen LogP contribution in [0.3, 0.4) is 0 Å². The van der Waals surface area contributed by atoms with E-state index in [0.717, 1.165) is 5.56 Å². The minimum absolute atomic E-state index is 0.00147. The number of urea groups is 1. The monoisotopic (exact) mass is 776 g/mol. The maximum atomic E-state index is 14.7. The molecular formula is C42H44N6O7S. The molecule has 3 aliphatic rings. The van der Waals surface area contributed by atoms with E-state index >= 15 is 0 Å². The number of amides is 4. The van der Waals surface area contributed by atoms with Gasteiger partial charge in [0.2, 0.25) is 21.8 Å². The number of para-hydroxylation sites is 1. The quantitative estimate of drug-likeness (QED) is 0.212. The van der Waals surface area contributed by atoms with Crippen LogP contribution in [-0.4, -0.2) is 97.5 Å². The summed E-state index contributed by atoms with van der Waals surface area (Å²) in [6, 6.07) is 21.4. The Morgan fingerprint density at radius 3 is 2.46 bits per heavy atom. The average molecular weight is 777 g/mol. The Kier molecular flexibility index (Phi) is 10.4. The van der Waals surface area contributed by atoms with Gasteiger partial charge in [0, 0.05) is 44.1 Å². The van der Waals surface area contributed by atoms with Crippen LogP contribution < -0.4 is 5.32 Å². The second-order valence-electron chi connectivity index (χ2n) is 14.6. The van der Waals surface area contributed by atoms with Gasteiger partial charge in [0.25, 0.3) is 0 Å². The van der Waals surface area contributed by atoms with Crippen LogP contribution in [0.5, 0.6) is 5.75 Å². The van der Waals surface area contributed by atoms with E-state index < -0.39 is 33.0 Å². The number of rotatable bonds is 11. The van der Waals surface area contributed by atoms with Crippen molar-refractivity contribution in [3.05, 3.63) is 138 Å². The molecule has 0 spiro atoms. The van der Waals surface area contributed by atoms with Crippen molar-refractivity contribution in [1.29, 1.82) is 0 Å². The first-order valence-corrected chi connectivity index (χ1v) is 19.8. The van der Waals surface area contributed by atoms with Gasteiger partial charge in [-0.05, 0) is 54.3 Å². The number of carbonyl (C=O) groups is 4. The van der Waals surface area contributed by atoms with Crippen LogP contribution in [-0.2, 0) is 43.9 Å². The standard InChI is InChI=1S/C42H44N6O7S/c1-4-21-45-28-38(51)47-36(23-30-15-17-35(50)18-16-30)40(52)44(27-37(47)48(45)41(53)43-25-31-10-6-5-7-11-31)26-34-13-8-12-32-19-22-46(39(32)34)56(54,55)42(3)20-9-14-33(24-42)29(2)49/h4-20,22,36-37,50H,1,21,23-28H2,2-3H3,(H,43,53)/t36-,37-,42?/m0/s1. The highest BCUT2D eigenvalue weighted by Gasteiger charge is 2.51. The number of benzene rings is 3. The molecule has 14 heteroatoms. The molecule has 1 unspecified atom stereocenters. The third kappa shape index (κ3) is 7.13. The molecule has 1 aliphatic carbocycles. The average Bonchev–Trinajstić information content (AvgIpc) is 3.63. The van der Waals surface area contributed by atoms with Crippen molar-refractivity contribution in [1.82, 2.24) is 29.1 Å². The highest BCUT2D eigenvalue weighted by atomic mass is 32.2. The molecule has 3 aromatic carbocycles. The normalized spacial score (nSPS) is 21.5. The predicted molar refractivity (Wildman–Crippen MR) is 211 cm³/mol. The van der Waals surface area contributed by atoms with Crippen molar-refractivity contribution < 1.29 is 32.7 Å². The zero-order chi connectivity index (χ0) is 39.8. The van der Waals surface area contributed by atoms with Crippen molar-refractivity contribution in [2.75, 3.05) is 19.6 Å². The third-order valence-electron chi connectivity index (χ3n) is 10.7. The van der Waals surface area contributed by atoms with Crippen molar-refractivity contribution in [2.24, 2.45) is 0 Å². The number of Topliss-reactive ketones (excluding diaryl/α,β-unsaturated/α-hetero) is 1. The Morgan fingerprint density at radius 2 is 1.75 bits per heavy atom. The second-order valence-corrected chi connectivity index (χ2v) is 16.9. The minimum atomic E-state index is -4.15. The summed E-state index contributed by atoms with van der Waals surface area (Å²) in [6.07, 6.45) is 7.10. The number of phenolic OH excluding ortho intramolecular Hbond substituents is 1. The summed E-state index contributed by atoms with van der Waals surface area (Å²) >= 11 is 0. The van der Waals surface area contributed by atoms with Gasteiger partial charge in [-0.1, -0.05) is 85.0 Å². The molecule has 13 nitrogen and oxygen atoms in total. The van der Waals surface area contributed by atoms with E-state index in [1.54, 1.807) is 77.5 Å². The van der Waals surface area contributed by atoms with Crippen LogP contribution in [0.25, 0.3) is 10.9 Å². The smallest absolute Gasteiger partial charge is 0.334 e. The number of hydrazine groups is 1. The van der Waals surface area contributed by atoms with Gasteiger partial charge in [-0.25, -0.2) is 27.2 Å². The van der Waals surface area contributed by atoms with Crippen LogP contribution in [0.4, 0.5) is 4.79 Å². The molecule has 2 saturated heterocycles. The number of nitrogens with zero attached hydrogens (tertiary/aromatic N) is 5. The first-order chi connectivity index (χ1) is 26.8. The van der Waals surface area contributed by atoms with E-state index in [1.807, 2.05) is 30.3 Å². The van der Waals surface area contributed by atoms with Gasteiger partial charge in [0.15, 0.2) is 5.78 Å². The molecule has 2 N–H and O–H groups in total. The van der Waals surface area contributed by atoms with Crippen LogP contribution in [0.15, 0.2) is 122 Å². The van der Waals surface area contributed by atoms with Gasteiger partial charge in [-0.3, -0.25) is 14.4 Å². The number of piperazine rings is 1. The van der Waals surface area contributed by atoms with Crippen molar-refractivity contribution >= 4 is 44.6 Å². The Balaban J connectivity index is 1.28. The fraction of sp³-hybridized carbons (Fsp3) is 0.286. The van der Waals surface area contributed by atoms with E-state index in [9.17, 15) is 32.7 Å². The summed E-state index contributed by atoms with van der Waals surface area (Å²) in [4.78, 5) is 58.3. The van der Waals surface area contributed by atoms with E-state index in [2.05, 4.69) is 11.9 Å². The first-order valence-electron chi connectivity index (χ1n) is 18.4. The summed E-state index contributed by atoms with van der Waals surface area (Å²) in [5, 5.41) is 16.7. The number of aromatic nitrogens is 1. The minimum Gasteiger partial charge on any atom is -0.508 e. The molecular weight excluding hydrogens is 733 g/mol. The van der Waals surface area contributed by atoms with Gasteiger partial charge in [-0.15, -0.1) is 6.58 Å². The van der Waals surface area contributed by atoms with Gasteiger partial charge in [0.05, 0.1) is 18.6 Å². The Hall–Kier alpha value is -5.99. The summed E-state index contributed by atoms with van der Waals surface area (Å²) in [7, 11) is -4.15. The Bertz CT molecular complexity index is 2370. The zero-order valence-corrected chi connectivity index (χ0v) is 32.1. The molecule has 7 rings (SSSR count). The van der Waals surface area contributed by atoms with Gasteiger partial charge >= 0.3 is 6.03 Å². The fourth-order valence-electron chi connectivity index (χ4n) is 7.83. The van der Waals surface area contributed by atoms with Crippen LogP contribution >= 0.6 is 0 Å². The Morgan fingerprint density at radius 1 is 1.00 bits per heavy atom. The number of aromatic hydroxyl groups is 1. The predicted octanol–water partition coefficient (Wildman–Crippen LogP) is 4.50. The maximum Gasteiger partial charge on any atom is 0.334 e. The first kappa shape index (κ1) is 38.3. The van der Waals surface area contributed by atoms with Gasteiger partial charge in [0.1, 0.15) is 22.7 Å². The molecule has 1 aromatic heterocycles. The molecule has 3 heterocycles. The number of fused-ring (bicyclic) bond motifs is 2. The zero-order valence-electron chi connectivity index (χ0n) is 31.2. The lowest BCUT2D eigenvalue weighted by Crippen LogP contribution is -2.76. The lowest BCUT2D eigenvalue weighted by atomic mass is 9.93. The molecule has 290 valence electrons. The SMILES string of the molecule is C=CCN1CC(=O)N2[C@@H](Cc3ccc(O)cc3)C(=O)N(Cc3cccc4ccn(S(=O)(=O)C5(C)C=CC=C(C(C)=O)C5)c34)C[C@@H]2N1C(=O)NCc1ccccc1. The van der Waals surface area contributed by atoms with Crippen LogP contribution in [0, 0.1) is 0 Å². The van der Waals surface area contributed by atoms with Crippen LogP contribution in [0.1, 0.15) is 37.0 Å². The summed E-state index contributed by atoms with van der Waals surface area (Å²) in [5.41, 5.74) is 2.90. The number of hydrogen-bond donors (Lipinski definition) is 2. The van der Waals surface area contributed by atoms with Crippen molar-refractivity contribution in [2.45, 2.75) is 56.7 Å². The lowest BCUT2D eigenvalue weighted by molar-refractivity contribution is -0.189. The fourth-order valence-corrected chi connectivity index (χ4v) is 9.55. The number of allylic oxidation sites excluding steroid dienone is 3. The third-order valence-corrected chi connectivity index (χ3v) is 13.0. The molecule has 4 aromatic rings. The van der Waals surface area contributed by atoms with E-state index in [-0.39, 0.29) is 68.9 Å². The summed E-state index contributed by atoms with van der Waals surface area (Å²) in [5.74, 6) is -0.865. The summed E-state index contributed by atoms with van der Waals surface area (Å²) < 4.78 is 28.8. The largest absolute Gasteiger partial charge is 0.508 e. The van der Waals surface area contributed by atoms with E-state index in [1.165, 1.54) is 39.1 Å². The molecule has 4 amide bonds. The number of carbonyl (C=O) groups excluding carboxylic acids is 4. The van der Waals surface area contributed by atoms with Crippen LogP contribution in [0.2, 0.25) is 0 Å². The highest BCUT2D eigenvalue weighted by molar-refractivity contribution is 7.91. The van der Waals surface area contributed by atoms with E-state index in [0.29, 0.717) is 27.6 Å². The second kappa shape index (κ2) is 15.3. The molecule has 0 radical (unpaired) electrons. The van der Waals surface area contributed by atoms with Crippen molar-refractivity contribution in [3.63, 3.8) is 0 Å². The summed E-state index contributed by atoms with van der Waals surface area (Å²) in [6.45, 7) is 6.99. The molecule has 56 heavy (non-hydrogen) atoms. The van der Waals surface area contributed by atoms with Gasteiger partial charge in [-0.2, -0.15) is 0 Å². The maximum absolute atomic E-state index is 14.7. The molecule has 0 bridgehead atoms. The topological polar surface area (TPSA) is 153 Å². The Labute approximate surface area is 325 Å². The molecule has 0 saturated carbocycles. The number of ketones is 1. The number of phenols is 1.